The van der Waals surface area contributed by atoms with Crippen molar-refractivity contribution in [2.24, 2.45) is 5.41 Å². The maximum absolute atomic E-state index is 9.32. The molecule has 1 aromatic rings. The number of hydrogen-bond acceptors (Lipinski definition) is 2. The van der Waals surface area contributed by atoms with Gasteiger partial charge in [-0.05, 0) is 17.4 Å². The summed E-state index contributed by atoms with van der Waals surface area (Å²) in [4.78, 5) is 0. The van der Waals surface area contributed by atoms with Gasteiger partial charge in [0.15, 0.2) is 0 Å². The number of hydrogen-bond donors (Lipinski definition) is 2. The number of aliphatic hydroxyl groups excluding tert-OH is 1. The topological polar surface area (TPSA) is 32.3 Å². The first kappa shape index (κ1) is 13.2. The molecule has 0 saturated carbocycles. The van der Waals surface area contributed by atoms with Gasteiger partial charge in [-0.1, -0.05) is 51.1 Å². The highest BCUT2D eigenvalue weighted by Gasteiger charge is 2.14. The van der Waals surface area contributed by atoms with Crippen molar-refractivity contribution in [3.05, 3.63) is 35.9 Å². The third-order valence-electron chi connectivity index (χ3n) is 2.47. The minimum Gasteiger partial charge on any atom is -0.395 e. The second-order valence-electron chi connectivity index (χ2n) is 5.51. The van der Waals surface area contributed by atoms with Gasteiger partial charge in [0.2, 0.25) is 0 Å². The van der Waals surface area contributed by atoms with Crippen LogP contribution in [0.3, 0.4) is 0 Å². The second kappa shape index (κ2) is 6.02. The van der Waals surface area contributed by atoms with E-state index in [0.717, 1.165) is 13.0 Å². The van der Waals surface area contributed by atoms with E-state index in [2.05, 4.69) is 38.2 Å². The lowest BCUT2D eigenvalue weighted by molar-refractivity contribution is 0.227. The van der Waals surface area contributed by atoms with Crippen LogP contribution in [0.15, 0.2) is 30.3 Å². The molecular formula is C14H23NO. The van der Waals surface area contributed by atoms with Crippen molar-refractivity contribution < 1.29 is 5.11 Å². The first-order valence-corrected chi connectivity index (χ1v) is 5.89. The zero-order valence-electron chi connectivity index (χ0n) is 10.5. The normalized spacial score (nSPS) is 13.8. The fraction of sp³-hybridized carbons (Fsp3) is 0.571. The van der Waals surface area contributed by atoms with Crippen molar-refractivity contribution in [3.8, 4) is 0 Å². The van der Waals surface area contributed by atoms with Gasteiger partial charge in [0, 0.05) is 12.6 Å². The predicted octanol–water partition coefficient (Wildman–Crippen LogP) is 2.23. The fourth-order valence-electron chi connectivity index (χ4n) is 1.55. The van der Waals surface area contributed by atoms with E-state index in [9.17, 15) is 5.11 Å². The van der Waals surface area contributed by atoms with Crippen molar-refractivity contribution in [2.45, 2.75) is 33.2 Å². The molecule has 16 heavy (non-hydrogen) atoms. The third-order valence-corrected chi connectivity index (χ3v) is 2.47. The molecule has 2 N–H and O–H groups in total. The predicted molar refractivity (Wildman–Crippen MR) is 68.5 cm³/mol. The molecule has 0 bridgehead atoms. The molecule has 0 aliphatic heterocycles. The third kappa shape index (κ3) is 5.29. The molecule has 1 atom stereocenters. The SMILES string of the molecule is CC(C)(C)CN[C@@H](CO)Cc1ccccc1. The summed E-state index contributed by atoms with van der Waals surface area (Å²) in [6.07, 6.45) is 0.882. The van der Waals surface area contributed by atoms with Crippen molar-refractivity contribution in [3.63, 3.8) is 0 Å². The molecule has 0 saturated heterocycles. The first-order chi connectivity index (χ1) is 7.51. The number of benzene rings is 1. The maximum atomic E-state index is 9.32. The van der Waals surface area contributed by atoms with Gasteiger partial charge < -0.3 is 10.4 Å². The molecule has 1 aromatic carbocycles. The Kier molecular flexibility index (Phi) is 4.97. The number of rotatable bonds is 5. The molecule has 0 aliphatic carbocycles. The Morgan fingerprint density at radius 2 is 1.81 bits per heavy atom. The summed E-state index contributed by atoms with van der Waals surface area (Å²) < 4.78 is 0. The van der Waals surface area contributed by atoms with Crippen LogP contribution in [-0.2, 0) is 6.42 Å². The average Bonchev–Trinajstić information content (AvgIpc) is 2.24. The van der Waals surface area contributed by atoms with Crippen LogP contribution in [0, 0.1) is 5.41 Å². The first-order valence-electron chi connectivity index (χ1n) is 5.89. The quantitative estimate of drug-likeness (QED) is 0.799. The molecule has 0 amide bonds. The molecular weight excluding hydrogens is 198 g/mol. The van der Waals surface area contributed by atoms with E-state index in [4.69, 9.17) is 0 Å². The smallest absolute Gasteiger partial charge is 0.0587 e. The Bertz CT molecular complexity index is 289. The van der Waals surface area contributed by atoms with Crippen molar-refractivity contribution >= 4 is 0 Å². The molecule has 2 nitrogen and oxygen atoms in total. The lowest BCUT2D eigenvalue weighted by atomic mass is 9.96. The van der Waals surface area contributed by atoms with Gasteiger partial charge in [0.25, 0.3) is 0 Å². The molecule has 0 fully saturated rings. The van der Waals surface area contributed by atoms with Crippen molar-refractivity contribution in [2.75, 3.05) is 13.2 Å². The minimum absolute atomic E-state index is 0.154. The summed E-state index contributed by atoms with van der Waals surface area (Å²) in [5, 5.41) is 12.7. The molecule has 0 radical (unpaired) electrons. The Hall–Kier alpha value is -0.860. The Morgan fingerprint density at radius 3 is 2.31 bits per heavy atom. The highest BCUT2D eigenvalue weighted by atomic mass is 16.3. The fourth-order valence-corrected chi connectivity index (χ4v) is 1.55. The summed E-state index contributed by atoms with van der Waals surface area (Å²) in [6.45, 7) is 7.68. The maximum Gasteiger partial charge on any atom is 0.0587 e. The highest BCUT2D eigenvalue weighted by molar-refractivity contribution is 5.15. The van der Waals surface area contributed by atoms with E-state index in [1.807, 2.05) is 18.2 Å². The van der Waals surface area contributed by atoms with Gasteiger partial charge in [-0.3, -0.25) is 0 Å². The lowest BCUT2D eigenvalue weighted by Crippen LogP contribution is -2.39. The largest absolute Gasteiger partial charge is 0.395 e. The van der Waals surface area contributed by atoms with Crippen LogP contribution in [0.25, 0.3) is 0 Å². The summed E-state index contributed by atoms with van der Waals surface area (Å²) in [5.74, 6) is 0. The van der Waals surface area contributed by atoms with E-state index in [-0.39, 0.29) is 18.1 Å². The van der Waals surface area contributed by atoms with E-state index in [0.29, 0.717) is 0 Å². The van der Waals surface area contributed by atoms with E-state index in [1.54, 1.807) is 0 Å². The van der Waals surface area contributed by atoms with Crippen LogP contribution in [0.5, 0.6) is 0 Å². The molecule has 0 unspecified atom stereocenters. The molecule has 0 aromatic heterocycles. The molecule has 1 rings (SSSR count). The van der Waals surface area contributed by atoms with Gasteiger partial charge in [-0.25, -0.2) is 0 Å². The van der Waals surface area contributed by atoms with Crippen LogP contribution in [0.4, 0.5) is 0 Å². The standard InChI is InChI=1S/C14H23NO/c1-14(2,3)11-15-13(10-16)9-12-7-5-4-6-8-12/h4-8,13,15-16H,9-11H2,1-3H3/t13-/m1/s1. The Morgan fingerprint density at radius 1 is 1.19 bits per heavy atom. The van der Waals surface area contributed by atoms with Crippen LogP contribution in [0.1, 0.15) is 26.3 Å². The Labute approximate surface area is 98.7 Å². The monoisotopic (exact) mass is 221 g/mol. The van der Waals surface area contributed by atoms with Crippen LogP contribution in [-0.4, -0.2) is 24.3 Å². The van der Waals surface area contributed by atoms with Crippen LogP contribution in [0.2, 0.25) is 0 Å². The van der Waals surface area contributed by atoms with Crippen LogP contribution >= 0.6 is 0 Å². The highest BCUT2D eigenvalue weighted by Crippen LogP contribution is 2.11. The average molecular weight is 221 g/mol. The molecule has 90 valence electrons. The number of aliphatic hydroxyl groups is 1. The van der Waals surface area contributed by atoms with Gasteiger partial charge in [-0.2, -0.15) is 0 Å². The minimum atomic E-state index is 0.154. The van der Waals surface area contributed by atoms with Gasteiger partial charge in [0.1, 0.15) is 0 Å². The zero-order chi connectivity index (χ0) is 12.0. The van der Waals surface area contributed by atoms with Crippen LogP contribution < -0.4 is 5.32 Å². The van der Waals surface area contributed by atoms with Gasteiger partial charge in [0.05, 0.1) is 6.61 Å². The van der Waals surface area contributed by atoms with Crippen molar-refractivity contribution in [1.82, 2.24) is 5.32 Å². The van der Waals surface area contributed by atoms with Gasteiger partial charge in [-0.15, -0.1) is 0 Å². The van der Waals surface area contributed by atoms with Gasteiger partial charge >= 0.3 is 0 Å². The summed E-state index contributed by atoms with van der Waals surface area (Å²) in [6, 6.07) is 10.4. The summed E-state index contributed by atoms with van der Waals surface area (Å²) in [5.41, 5.74) is 1.52. The lowest BCUT2D eigenvalue weighted by Gasteiger charge is -2.23. The summed E-state index contributed by atoms with van der Waals surface area (Å²) >= 11 is 0. The molecule has 0 aliphatic rings. The molecule has 2 heteroatoms. The van der Waals surface area contributed by atoms with E-state index >= 15 is 0 Å². The van der Waals surface area contributed by atoms with E-state index < -0.39 is 0 Å². The van der Waals surface area contributed by atoms with Crippen molar-refractivity contribution in [1.29, 1.82) is 0 Å². The summed E-state index contributed by atoms with van der Waals surface area (Å²) in [7, 11) is 0. The Balaban J connectivity index is 2.44. The zero-order valence-corrected chi connectivity index (χ0v) is 10.5. The number of nitrogens with one attached hydrogen (secondary N) is 1. The molecule has 0 spiro atoms. The van der Waals surface area contributed by atoms with E-state index in [1.165, 1.54) is 5.56 Å². The second-order valence-corrected chi connectivity index (χ2v) is 5.51. The molecule has 0 heterocycles.